The number of ether oxygens (including phenoxy) is 1. The minimum Gasteiger partial charge on any atom is -0.446 e. The monoisotopic (exact) mass is 601 g/mol. The molecule has 3 aromatic rings. The van der Waals surface area contributed by atoms with Gasteiger partial charge in [0, 0.05) is 30.6 Å². The molecule has 2 amide bonds. The number of aliphatic hydroxyl groups excluding tert-OH is 1. The smallest absolute Gasteiger partial charge is 0.410 e. The van der Waals surface area contributed by atoms with Crippen LogP contribution in [0.2, 0.25) is 0 Å². The van der Waals surface area contributed by atoms with Gasteiger partial charge in [0.15, 0.2) is 5.78 Å². The van der Waals surface area contributed by atoms with Gasteiger partial charge in [-0.15, -0.1) is 0 Å². The number of nitrogens with zero attached hydrogens (tertiary/aromatic N) is 3. The molecule has 4 atom stereocenters. The van der Waals surface area contributed by atoms with Gasteiger partial charge in [0.1, 0.15) is 17.9 Å². The van der Waals surface area contributed by atoms with Gasteiger partial charge in [-0.1, -0.05) is 42.5 Å². The molecule has 9 nitrogen and oxygen atoms in total. The van der Waals surface area contributed by atoms with Crippen LogP contribution >= 0.6 is 0 Å². The predicted molar refractivity (Wildman–Crippen MR) is 165 cm³/mol. The van der Waals surface area contributed by atoms with Crippen molar-refractivity contribution in [2.45, 2.75) is 90.0 Å². The largest absolute Gasteiger partial charge is 0.446 e. The van der Waals surface area contributed by atoms with Crippen molar-refractivity contribution < 1.29 is 28.6 Å². The lowest BCUT2D eigenvalue weighted by Crippen LogP contribution is -2.48. The summed E-state index contributed by atoms with van der Waals surface area (Å²) >= 11 is 0. The van der Waals surface area contributed by atoms with Crippen molar-refractivity contribution in [1.82, 2.24) is 14.8 Å². The maximum Gasteiger partial charge on any atom is 0.410 e. The highest BCUT2D eigenvalue weighted by Gasteiger charge is 2.40. The molecule has 2 aliphatic rings. The number of amides is 2. The first-order valence-corrected chi connectivity index (χ1v) is 15.6. The number of hydrogen-bond donors (Lipinski definition) is 1. The van der Waals surface area contributed by atoms with E-state index < -0.39 is 29.8 Å². The van der Waals surface area contributed by atoms with Crippen LogP contribution in [0, 0.1) is 12.8 Å². The Balaban J connectivity index is 1.34. The van der Waals surface area contributed by atoms with Gasteiger partial charge in [-0.25, -0.2) is 9.78 Å². The molecule has 2 fully saturated rings. The van der Waals surface area contributed by atoms with Crippen LogP contribution in [0.15, 0.2) is 65.3 Å². The number of benzene rings is 2. The first-order chi connectivity index (χ1) is 21.0. The number of rotatable bonds is 9. The molecule has 0 unspecified atom stereocenters. The molecule has 3 heterocycles. The molecule has 0 radical (unpaired) electrons. The highest BCUT2D eigenvalue weighted by atomic mass is 16.6. The Labute approximate surface area is 259 Å². The second kappa shape index (κ2) is 13.3. The molecule has 234 valence electrons. The van der Waals surface area contributed by atoms with Gasteiger partial charge in [-0.3, -0.25) is 9.59 Å². The third-order valence-corrected chi connectivity index (χ3v) is 8.46. The van der Waals surface area contributed by atoms with Crippen LogP contribution in [-0.2, 0) is 11.2 Å². The molecule has 0 aliphatic carbocycles. The number of ketones is 1. The van der Waals surface area contributed by atoms with E-state index in [0.29, 0.717) is 42.9 Å². The summed E-state index contributed by atoms with van der Waals surface area (Å²) < 4.78 is 11.2. The molecule has 5 rings (SSSR count). The number of aliphatic hydroxyl groups is 1. The fraction of sp³-hybridized carbons (Fsp3) is 0.486. The van der Waals surface area contributed by atoms with Gasteiger partial charge in [-0.05, 0) is 83.4 Å². The van der Waals surface area contributed by atoms with E-state index in [4.69, 9.17) is 9.15 Å². The number of carbonyl (C=O) groups excluding carboxylic acids is 3. The topological polar surface area (TPSA) is 113 Å². The van der Waals surface area contributed by atoms with Crippen LogP contribution in [0.5, 0.6) is 0 Å². The fourth-order valence-corrected chi connectivity index (χ4v) is 6.38. The highest BCUT2D eigenvalue weighted by molar-refractivity contribution is 6.00. The molecule has 9 heteroatoms. The third kappa shape index (κ3) is 7.38. The van der Waals surface area contributed by atoms with Gasteiger partial charge in [0.2, 0.25) is 5.89 Å². The van der Waals surface area contributed by atoms with E-state index in [1.165, 1.54) is 0 Å². The Kier molecular flexibility index (Phi) is 9.53. The van der Waals surface area contributed by atoms with Gasteiger partial charge in [0.25, 0.3) is 5.91 Å². The summed E-state index contributed by atoms with van der Waals surface area (Å²) in [4.78, 5) is 48.2. The lowest BCUT2D eigenvalue weighted by atomic mass is 9.84. The maximum absolute atomic E-state index is 13.8. The summed E-state index contributed by atoms with van der Waals surface area (Å²) in [5, 5.41) is 11.7. The molecule has 2 saturated heterocycles. The van der Waals surface area contributed by atoms with Crippen LogP contribution < -0.4 is 0 Å². The summed E-state index contributed by atoms with van der Waals surface area (Å²) in [7, 11) is 0. The maximum atomic E-state index is 13.8. The molecule has 2 aliphatic heterocycles. The van der Waals surface area contributed by atoms with Crippen molar-refractivity contribution in [3.05, 3.63) is 89.1 Å². The zero-order chi connectivity index (χ0) is 31.4. The second-order valence-corrected chi connectivity index (χ2v) is 13.0. The summed E-state index contributed by atoms with van der Waals surface area (Å²) in [6, 6.07) is 15.9. The van der Waals surface area contributed by atoms with Crippen molar-refractivity contribution in [2.24, 2.45) is 5.92 Å². The molecule has 2 aromatic carbocycles. The average molecular weight is 602 g/mol. The summed E-state index contributed by atoms with van der Waals surface area (Å²) in [5.41, 5.74) is 1.96. The molecule has 44 heavy (non-hydrogen) atoms. The number of carbonyl (C=O) groups is 3. The highest BCUT2D eigenvalue weighted by Crippen LogP contribution is 2.33. The van der Waals surface area contributed by atoms with E-state index in [1.54, 1.807) is 40.3 Å². The molecule has 0 spiro atoms. The van der Waals surface area contributed by atoms with Crippen LogP contribution in [0.1, 0.15) is 96.8 Å². The normalized spacial score (nSPS) is 20.0. The number of aryl methyl sites for hydroxylation is 1. The van der Waals surface area contributed by atoms with E-state index in [2.05, 4.69) is 4.98 Å². The molecular formula is C35H43N3O6. The van der Waals surface area contributed by atoms with Crippen molar-refractivity contribution in [2.75, 3.05) is 13.1 Å². The third-order valence-electron chi connectivity index (χ3n) is 8.46. The van der Waals surface area contributed by atoms with Gasteiger partial charge in [-0.2, -0.15) is 0 Å². The Morgan fingerprint density at radius 3 is 2.41 bits per heavy atom. The number of hydrogen-bond acceptors (Lipinski definition) is 7. The Morgan fingerprint density at radius 2 is 1.70 bits per heavy atom. The van der Waals surface area contributed by atoms with Gasteiger partial charge in [0.05, 0.1) is 17.8 Å². The number of Topliss-reactive ketones (excluding diaryl/α,β-unsaturated/α-hetero) is 1. The van der Waals surface area contributed by atoms with E-state index in [9.17, 15) is 19.5 Å². The van der Waals surface area contributed by atoms with Crippen molar-refractivity contribution in [3.63, 3.8) is 0 Å². The molecule has 1 aromatic heterocycles. The standard InChI is InChI=1S/C35H43N3O6/c1-23-22-43-32(36-23)29-16-10-17-37(29)33(41)26-14-8-13-25(20-26)30(39)21-27(19-24-11-6-5-7-12-24)31(40)28-15-9-18-38(28)34(42)44-35(2,3)4/h5-8,11-14,20,22,27-29,31,40H,9-10,15-19,21H2,1-4H3/t27-,28-,29-,31+/m1/s1. The Morgan fingerprint density at radius 1 is 1.00 bits per heavy atom. The van der Waals surface area contributed by atoms with E-state index >= 15 is 0 Å². The van der Waals surface area contributed by atoms with Crippen LogP contribution in [0.25, 0.3) is 0 Å². The van der Waals surface area contributed by atoms with E-state index in [1.807, 2.05) is 58.0 Å². The summed E-state index contributed by atoms with van der Waals surface area (Å²) in [6.45, 7) is 8.40. The van der Waals surface area contributed by atoms with Gasteiger partial charge < -0.3 is 24.1 Å². The van der Waals surface area contributed by atoms with E-state index in [0.717, 1.165) is 30.5 Å². The SMILES string of the molecule is Cc1coc([C@H]2CCCN2C(=O)c2cccc(C(=O)C[C@@H](Cc3ccccc3)[C@H](O)[C@H]3CCCN3C(=O)OC(C)(C)C)c2)n1. The van der Waals surface area contributed by atoms with Crippen molar-refractivity contribution >= 4 is 17.8 Å². The number of likely N-dealkylation sites (tertiary alicyclic amines) is 2. The van der Waals surface area contributed by atoms with Crippen LogP contribution in [0.3, 0.4) is 0 Å². The molecule has 0 saturated carbocycles. The fourth-order valence-electron chi connectivity index (χ4n) is 6.38. The minimum absolute atomic E-state index is 0.0638. The Hall–Kier alpha value is -3.98. The first kappa shape index (κ1) is 31.4. The summed E-state index contributed by atoms with van der Waals surface area (Å²) in [5.74, 6) is -0.250. The molecule has 0 bridgehead atoms. The predicted octanol–water partition coefficient (Wildman–Crippen LogP) is 6.15. The van der Waals surface area contributed by atoms with Crippen LogP contribution in [0.4, 0.5) is 4.79 Å². The van der Waals surface area contributed by atoms with Gasteiger partial charge >= 0.3 is 6.09 Å². The second-order valence-electron chi connectivity index (χ2n) is 13.0. The molecule has 1 N–H and O–H groups in total. The van der Waals surface area contributed by atoms with E-state index in [-0.39, 0.29) is 24.2 Å². The van der Waals surface area contributed by atoms with Crippen LogP contribution in [-0.4, -0.2) is 68.5 Å². The first-order valence-electron chi connectivity index (χ1n) is 15.6. The number of oxazole rings is 1. The molecular weight excluding hydrogens is 558 g/mol. The summed E-state index contributed by atoms with van der Waals surface area (Å²) in [6.07, 6.45) is 3.73. The zero-order valence-electron chi connectivity index (χ0n) is 26.1. The quantitative estimate of drug-likeness (QED) is 0.293. The number of aromatic nitrogens is 1. The van der Waals surface area contributed by atoms with Crippen molar-refractivity contribution in [1.29, 1.82) is 0 Å². The zero-order valence-corrected chi connectivity index (χ0v) is 26.1. The van der Waals surface area contributed by atoms with Crippen molar-refractivity contribution in [3.8, 4) is 0 Å². The minimum atomic E-state index is -0.936. The lowest BCUT2D eigenvalue weighted by Gasteiger charge is -2.34. The lowest BCUT2D eigenvalue weighted by molar-refractivity contribution is -0.00804. The Bertz CT molecular complexity index is 1460. The average Bonchev–Trinajstić information content (AvgIpc) is 3.77.